The van der Waals surface area contributed by atoms with E-state index in [-0.39, 0.29) is 11.8 Å². The molecule has 118 valence electrons. The quantitative estimate of drug-likeness (QED) is 0.935. The summed E-state index contributed by atoms with van der Waals surface area (Å²) < 4.78 is 1.85. The van der Waals surface area contributed by atoms with Gasteiger partial charge >= 0.3 is 0 Å². The first-order chi connectivity index (χ1) is 11.2. The maximum Gasteiger partial charge on any atom is 0.251 e. The summed E-state index contributed by atoms with van der Waals surface area (Å²) in [5, 5.41) is 7.20. The number of nitrogens with one attached hydrogen (secondary N) is 1. The zero-order valence-corrected chi connectivity index (χ0v) is 12.7. The molecule has 2 aromatic rings. The second kappa shape index (κ2) is 5.53. The predicted molar refractivity (Wildman–Crippen MR) is 85.0 cm³/mol. The highest BCUT2D eigenvalue weighted by molar-refractivity contribution is 5.95. The highest BCUT2D eigenvalue weighted by Gasteiger charge is 2.25. The number of hydrogen-bond acceptors (Lipinski definition) is 3. The zero-order chi connectivity index (χ0) is 15.8. The van der Waals surface area contributed by atoms with Crippen LogP contribution in [0, 0.1) is 0 Å². The first-order valence-electron chi connectivity index (χ1n) is 7.93. The topological polar surface area (TPSA) is 67.2 Å². The summed E-state index contributed by atoms with van der Waals surface area (Å²) in [6.07, 6.45) is 4.34. The molecule has 6 heteroatoms. The zero-order valence-electron chi connectivity index (χ0n) is 12.7. The van der Waals surface area contributed by atoms with Crippen molar-refractivity contribution < 1.29 is 9.59 Å². The van der Waals surface area contributed by atoms with Gasteiger partial charge in [0.2, 0.25) is 5.91 Å². The Balaban J connectivity index is 1.49. The van der Waals surface area contributed by atoms with Crippen LogP contribution in [-0.4, -0.2) is 27.6 Å². The van der Waals surface area contributed by atoms with Crippen molar-refractivity contribution in [3.63, 3.8) is 0 Å². The van der Waals surface area contributed by atoms with Gasteiger partial charge in [-0.15, -0.1) is 0 Å². The van der Waals surface area contributed by atoms with Gasteiger partial charge in [-0.3, -0.25) is 14.5 Å². The van der Waals surface area contributed by atoms with Crippen LogP contribution in [0.15, 0.2) is 36.5 Å². The molecule has 0 radical (unpaired) electrons. The molecule has 0 atom stereocenters. The number of aromatic nitrogens is 2. The summed E-state index contributed by atoms with van der Waals surface area (Å²) in [5.41, 5.74) is 1.66. The van der Waals surface area contributed by atoms with Crippen LogP contribution >= 0.6 is 0 Å². The van der Waals surface area contributed by atoms with E-state index in [2.05, 4.69) is 10.4 Å². The fraction of sp³-hybridized carbons (Fsp3) is 0.353. The summed E-state index contributed by atoms with van der Waals surface area (Å²) in [5.74, 6) is 0.913. The van der Waals surface area contributed by atoms with Crippen molar-refractivity contribution in [2.24, 2.45) is 0 Å². The van der Waals surface area contributed by atoms with E-state index in [9.17, 15) is 9.59 Å². The van der Waals surface area contributed by atoms with E-state index in [0.717, 1.165) is 24.2 Å². The van der Waals surface area contributed by atoms with Crippen LogP contribution in [0.2, 0.25) is 0 Å². The molecule has 0 saturated heterocycles. The fourth-order valence-electron chi connectivity index (χ4n) is 2.80. The van der Waals surface area contributed by atoms with Gasteiger partial charge in [-0.25, -0.2) is 4.68 Å². The van der Waals surface area contributed by atoms with Crippen LogP contribution in [-0.2, 0) is 17.9 Å². The molecular formula is C17H18N4O2. The van der Waals surface area contributed by atoms with Crippen molar-refractivity contribution in [3.8, 4) is 0 Å². The van der Waals surface area contributed by atoms with E-state index in [1.807, 2.05) is 35.0 Å². The molecule has 1 aromatic heterocycles. The molecule has 0 unspecified atom stereocenters. The molecule has 2 amide bonds. The number of nitrogens with zero attached hydrogens (tertiary/aromatic N) is 3. The molecule has 0 spiro atoms. The first-order valence-corrected chi connectivity index (χ1v) is 7.93. The number of carbonyl (C=O) groups is 2. The highest BCUT2D eigenvalue weighted by atomic mass is 16.2. The number of hydrogen-bond donors (Lipinski definition) is 1. The average Bonchev–Trinajstić information content (AvgIpc) is 3.24. The summed E-state index contributed by atoms with van der Waals surface area (Å²) in [6.45, 7) is 1.13. The van der Waals surface area contributed by atoms with Gasteiger partial charge < -0.3 is 5.32 Å². The second-order valence-corrected chi connectivity index (χ2v) is 6.09. The second-order valence-electron chi connectivity index (χ2n) is 6.09. The fourth-order valence-corrected chi connectivity index (χ4v) is 2.80. The van der Waals surface area contributed by atoms with E-state index in [4.69, 9.17) is 0 Å². The third-order valence-corrected chi connectivity index (χ3v) is 4.28. The van der Waals surface area contributed by atoms with Gasteiger partial charge in [0.25, 0.3) is 5.91 Å². The van der Waals surface area contributed by atoms with Gasteiger partial charge in [0, 0.05) is 24.1 Å². The number of anilines is 1. The Hall–Kier alpha value is -2.63. The van der Waals surface area contributed by atoms with Gasteiger partial charge in [-0.1, -0.05) is 12.1 Å². The summed E-state index contributed by atoms with van der Waals surface area (Å²) in [4.78, 5) is 25.9. The molecule has 2 heterocycles. The number of benzene rings is 1. The minimum atomic E-state index is -0.0221. The van der Waals surface area contributed by atoms with Crippen LogP contribution < -0.4 is 10.2 Å². The minimum Gasteiger partial charge on any atom is -0.349 e. The Kier molecular flexibility index (Phi) is 3.37. The molecule has 1 aliphatic heterocycles. The largest absolute Gasteiger partial charge is 0.349 e. The normalized spacial score (nSPS) is 17.0. The standard InChI is InChI=1S/C17H18N4O2/c22-16-8-10-21-15(7-9-18-21)20(16)11-12-1-3-13(4-2-12)17(23)19-14-5-6-14/h1-4,7,9,14H,5-6,8,10-11H2,(H,19,23). The lowest BCUT2D eigenvalue weighted by atomic mass is 10.1. The molecule has 0 bridgehead atoms. The number of rotatable bonds is 4. The van der Waals surface area contributed by atoms with Crippen molar-refractivity contribution >= 4 is 17.6 Å². The van der Waals surface area contributed by atoms with Crippen LogP contribution in [0.4, 0.5) is 5.82 Å². The number of carbonyl (C=O) groups excluding carboxylic acids is 2. The van der Waals surface area contributed by atoms with Crippen LogP contribution in [0.25, 0.3) is 0 Å². The number of fused-ring (bicyclic) bond motifs is 1. The van der Waals surface area contributed by atoms with Gasteiger partial charge in [0.05, 0.1) is 19.3 Å². The van der Waals surface area contributed by atoms with Crippen molar-refractivity contribution in [2.75, 3.05) is 4.90 Å². The summed E-state index contributed by atoms with van der Waals surface area (Å²) in [6, 6.07) is 9.66. The molecule has 1 aromatic carbocycles. The molecule has 6 nitrogen and oxygen atoms in total. The van der Waals surface area contributed by atoms with Gasteiger partial charge in [-0.2, -0.15) is 5.10 Å². The van der Waals surface area contributed by atoms with Gasteiger partial charge in [0.15, 0.2) is 0 Å². The molecule has 1 fully saturated rings. The molecular weight excluding hydrogens is 292 g/mol. The van der Waals surface area contributed by atoms with Gasteiger partial charge in [0.1, 0.15) is 5.82 Å². The lowest BCUT2D eigenvalue weighted by Crippen LogP contribution is -2.36. The lowest BCUT2D eigenvalue weighted by Gasteiger charge is -2.27. The number of aryl methyl sites for hydroxylation is 1. The highest BCUT2D eigenvalue weighted by Crippen LogP contribution is 2.23. The van der Waals surface area contributed by atoms with Crippen molar-refractivity contribution in [1.82, 2.24) is 15.1 Å². The van der Waals surface area contributed by atoms with E-state index in [0.29, 0.717) is 31.1 Å². The summed E-state index contributed by atoms with van der Waals surface area (Å²) in [7, 11) is 0. The predicted octanol–water partition coefficient (Wildman–Crippen LogP) is 1.71. The van der Waals surface area contributed by atoms with E-state index in [1.54, 1.807) is 11.1 Å². The number of amides is 2. The van der Waals surface area contributed by atoms with Crippen molar-refractivity contribution in [1.29, 1.82) is 0 Å². The lowest BCUT2D eigenvalue weighted by molar-refractivity contribution is -0.119. The summed E-state index contributed by atoms with van der Waals surface area (Å²) >= 11 is 0. The van der Waals surface area contributed by atoms with E-state index >= 15 is 0 Å². The van der Waals surface area contributed by atoms with E-state index < -0.39 is 0 Å². The average molecular weight is 310 g/mol. The molecule has 4 rings (SSSR count). The Morgan fingerprint density at radius 3 is 2.74 bits per heavy atom. The molecule has 2 aliphatic rings. The maximum absolute atomic E-state index is 12.2. The van der Waals surface area contributed by atoms with Crippen LogP contribution in [0.1, 0.15) is 35.2 Å². The van der Waals surface area contributed by atoms with Crippen molar-refractivity contribution in [2.45, 2.75) is 38.4 Å². The Morgan fingerprint density at radius 2 is 2.00 bits per heavy atom. The first kappa shape index (κ1) is 14.0. The Morgan fingerprint density at radius 1 is 1.22 bits per heavy atom. The maximum atomic E-state index is 12.2. The molecule has 1 aliphatic carbocycles. The Labute approximate surface area is 134 Å². The van der Waals surface area contributed by atoms with Crippen LogP contribution in [0.5, 0.6) is 0 Å². The Bertz CT molecular complexity index is 746. The van der Waals surface area contributed by atoms with Crippen molar-refractivity contribution in [3.05, 3.63) is 47.7 Å². The third-order valence-electron chi connectivity index (χ3n) is 4.28. The van der Waals surface area contributed by atoms with Crippen LogP contribution in [0.3, 0.4) is 0 Å². The smallest absolute Gasteiger partial charge is 0.251 e. The molecule has 23 heavy (non-hydrogen) atoms. The molecule has 1 saturated carbocycles. The molecule has 1 N–H and O–H groups in total. The van der Waals surface area contributed by atoms with E-state index in [1.165, 1.54) is 0 Å². The monoisotopic (exact) mass is 310 g/mol. The van der Waals surface area contributed by atoms with Gasteiger partial charge in [-0.05, 0) is 30.5 Å². The third kappa shape index (κ3) is 2.84. The SMILES string of the molecule is O=C(NC1CC1)c1ccc(CN2C(=O)CCn3nccc32)cc1. The minimum absolute atomic E-state index is 0.0221.